The molecule has 0 amide bonds. The third-order valence-electron chi connectivity index (χ3n) is 5.44. The van der Waals surface area contributed by atoms with Gasteiger partial charge < -0.3 is 4.74 Å². The van der Waals surface area contributed by atoms with Gasteiger partial charge in [-0.1, -0.05) is 47.7 Å². The average Bonchev–Trinajstić information content (AvgIpc) is 2.72. The van der Waals surface area contributed by atoms with E-state index in [2.05, 4.69) is 73.9 Å². The highest BCUT2D eigenvalue weighted by atomic mass is 16.5. The minimum absolute atomic E-state index is 0.450. The second-order valence-electron chi connectivity index (χ2n) is 7.62. The fourth-order valence-electron chi connectivity index (χ4n) is 3.70. The molecule has 0 saturated heterocycles. The summed E-state index contributed by atoms with van der Waals surface area (Å²) >= 11 is 0. The van der Waals surface area contributed by atoms with Gasteiger partial charge in [-0.3, -0.25) is 0 Å². The van der Waals surface area contributed by atoms with E-state index in [4.69, 9.17) is 4.74 Å². The zero-order valence-electron chi connectivity index (χ0n) is 16.4. The maximum atomic E-state index is 5.79. The molecule has 1 aliphatic rings. The summed E-state index contributed by atoms with van der Waals surface area (Å²) in [7, 11) is 0. The highest BCUT2D eigenvalue weighted by Crippen LogP contribution is 2.29. The van der Waals surface area contributed by atoms with Crippen molar-refractivity contribution in [1.82, 2.24) is 0 Å². The Morgan fingerprint density at radius 3 is 2.11 bits per heavy atom. The van der Waals surface area contributed by atoms with E-state index in [1.807, 2.05) is 6.08 Å². The molecule has 140 valence electrons. The lowest BCUT2D eigenvalue weighted by atomic mass is 9.83. The van der Waals surface area contributed by atoms with Gasteiger partial charge in [0.15, 0.2) is 0 Å². The van der Waals surface area contributed by atoms with E-state index in [1.165, 1.54) is 43.2 Å². The van der Waals surface area contributed by atoms with Crippen LogP contribution < -0.4 is 0 Å². The zero-order valence-corrected chi connectivity index (χ0v) is 16.4. The standard InChI is InChI=1S/C26H30O/c1-3-20-27-26-18-16-25(17-19-26)15-14-24-12-10-23(11-13-24)9-8-22-6-4-21(2)5-7-22/h3-7,10-13,25-26H,1,14-20H2,2H3. The summed E-state index contributed by atoms with van der Waals surface area (Å²) in [5, 5.41) is 0. The molecule has 27 heavy (non-hydrogen) atoms. The highest BCUT2D eigenvalue weighted by Gasteiger charge is 2.21. The van der Waals surface area contributed by atoms with E-state index in [1.54, 1.807) is 0 Å². The molecule has 1 saturated carbocycles. The van der Waals surface area contributed by atoms with Crippen molar-refractivity contribution >= 4 is 0 Å². The van der Waals surface area contributed by atoms with Gasteiger partial charge in [-0.2, -0.15) is 0 Å². The molecule has 1 aliphatic carbocycles. The van der Waals surface area contributed by atoms with Crippen molar-refractivity contribution in [2.75, 3.05) is 6.61 Å². The van der Waals surface area contributed by atoms with Crippen LogP contribution in [0.5, 0.6) is 0 Å². The smallest absolute Gasteiger partial charge is 0.0648 e. The molecular weight excluding hydrogens is 328 g/mol. The van der Waals surface area contributed by atoms with Gasteiger partial charge in [-0.15, -0.1) is 6.58 Å². The maximum absolute atomic E-state index is 5.79. The van der Waals surface area contributed by atoms with E-state index < -0.39 is 0 Å². The Hall–Kier alpha value is -2.30. The summed E-state index contributed by atoms with van der Waals surface area (Å²) in [4.78, 5) is 0. The Kier molecular flexibility index (Phi) is 7.31. The Morgan fingerprint density at radius 1 is 0.926 bits per heavy atom. The first-order valence-electron chi connectivity index (χ1n) is 10.1. The minimum Gasteiger partial charge on any atom is -0.374 e. The maximum Gasteiger partial charge on any atom is 0.0648 e. The number of hydrogen-bond acceptors (Lipinski definition) is 1. The number of rotatable bonds is 6. The summed E-state index contributed by atoms with van der Waals surface area (Å²) < 4.78 is 5.79. The monoisotopic (exact) mass is 358 g/mol. The molecule has 0 heterocycles. The van der Waals surface area contributed by atoms with Crippen LogP contribution in [0.2, 0.25) is 0 Å². The van der Waals surface area contributed by atoms with Crippen molar-refractivity contribution in [3.63, 3.8) is 0 Å². The van der Waals surface area contributed by atoms with Crippen molar-refractivity contribution in [2.45, 2.75) is 51.6 Å². The molecule has 2 aromatic carbocycles. The van der Waals surface area contributed by atoms with Crippen LogP contribution in [-0.2, 0) is 11.2 Å². The lowest BCUT2D eigenvalue weighted by molar-refractivity contribution is 0.0338. The molecule has 1 nitrogen and oxygen atoms in total. The fraction of sp³-hybridized carbons (Fsp3) is 0.385. The molecule has 0 aliphatic heterocycles. The molecule has 1 heteroatoms. The van der Waals surface area contributed by atoms with E-state index >= 15 is 0 Å². The molecule has 0 atom stereocenters. The molecule has 0 radical (unpaired) electrons. The largest absolute Gasteiger partial charge is 0.374 e. The number of benzene rings is 2. The molecule has 2 aromatic rings. The molecule has 0 aromatic heterocycles. The van der Waals surface area contributed by atoms with Crippen LogP contribution in [0.15, 0.2) is 61.2 Å². The van der Waals surface area contributed by atoms with Crippen LogP contribution in [0.1, 0.15) is 54.4 Å². The van der Waals surface area contributed by atoms with Gasteiger partial charge >= 0.3 is 0 Å². The average molecular weight is 359 g/mol. The van der Waals surface area contributed by atoms with Crippen molar-refractivity contribution < 1.29 is 4.74 Å². The van der Waals surface area contributed by atoms with Crippen LogP contribution in [0.3, 0.4) is 0 Å². The fourth-order valence-corrected chi connectivity index (χ4v) is 3.70. The van der Waals surface area contributed by atoms with E-state index in [-0.39, 0.29) is 0 Å². The normalized spacial score (nSPS) is 19.1. The molecule has 3 rings (SSSR count). The summed E-state index contributed by atoms with van der Waals surface area (Å²) in [6.07, 6.45) is 9.73. The van der Waals surface area contributed by atoms with Crippen LogP contribution in [0.4, 0.5) is 0 Å². The van der Waals surface area contributed by atoms with Gasteiger partial charge in [0, 0.05) is 11.1 Å². The van der Waals surface area contributed by atoms with Gasteiger partial charge in [0.25, 0.3) is 0 Å². The van der Waals surface area contributed by atoms with Crippen molar-refractivity contribution in [3.05, 3.63) is 83.4 Å². The second kappa shape index (κ2) is 10.1. The molecule has 0 N–H and O–H groups in total. The van der Waals surface area contributed by atoms with Gasteiger partial charge in [0.05, 0.1) is 12.7 Å². The van der Waals surface area contributed by atoms with Gasteiger partial charge in [0.1, 0.15) is 0 Å². The summed E-state index contributed by atoms with van der Waals surface area (Å²) in [5.74, 6) is 7.35. The Bertz CT molecular complexity index is 766. The van der Waals surface area contributed by atoms with Gasteiger partial charge in [0.2, 0.25) is 0 Å². The summed E-state index contributed by atoms with van der Waals surface area (Å²) in [6, 6.07) is 17.1. The van der Waals surface area contributed by atoms with E-state index in [0.717, 1.165) is 23.5 Å². The Morgan fingerprint density at radius 2 is 1.52 bits per heavy atom. The van der Waals surface area contributed by atoms with E-state index in [0.29, 0.717) is 12.7 Å². The predicted molar refractivity (Wildman–Crippen MR) is 114 cm³/mol. The van der Waals surface area contributed by atoms with Crippen LogP contribution in [0, 0.1) is 24.7 Å². The predicted octanol–water partition coefficient (Wildman–Crippen LogP) is 6.09. The SMILES string of the molecule is C=CCOC1CCC(CCc2ccc(C#Cc3ccc(C)cc3)cc2)CC1. The lowest BCUT2D eigenvalue weighted by Crippen LogP contribution is -2.22. The van der Waals surface area contributed by atoms with Crippen LogP contribution >= 0.6 is 0 Å². The molecule has 0 unspecified atom stereocenters. The summed E-state index contributed by atoms with van der Waals surface area (Å²) in [6.45, 7) is 6.51. The quantitative estimate of drug-likeness (QED) is 0.448. The third kappa shape index (κ3) is 6.42. The van der Waals surface area contributed by atoms with E-state index in [9.17, 15) is 0 Å². The zero-order chi connectivity index (χ0) is 18.9. The highest BCUT2D eigenvalue weighted by molar-refractivity contribution is 5.43. The third-order valence-corrected chi connectivity index (χ3v) is 5.44. The second-order valence-corrected chi connectivity index (χ2v) is 7.62. The molecule has 0 bridgehead atoms. The molecular formula is C26H30O. The first-order valence-corrected chi connectivity index (χ1v) is 10.1. The minimum atomic E-state index is 0.450. The van der Waals surface area contributed by atoms with Gasteiger partial charge in [-0.25, -0.2) is 0 Å². The summed E-state index contributed by atoms with van der Waals surface area (Å²) in [5.41, 5.74) is 4.83. The number of aryl methyl sites for hydroxylation is 2. The van der Waals surface area contributed by atoms with Crippen LogP contribution in [-0.4, -0.2) is 12.7 Å². The van der Waals surface area contributed by atoms with Gasteiger partial charge in [-0.05, 0) is 81.2 Å². The Labute approximate surface area is 164 Å². The first kappa shape index (κ1) is 19.5. The topological polar surface area (TPSA) is 9.23 Å². The number of ether oxygens (including phenoxy) is 1. The van der Waals surface area contributed by atoms with Crippen molar-refractivity contribution in [2.24, 2.45) is 5.92 Å². The lowest BCUT2D eigenvalue weighted by Gasteiger charge is -2.28. The van der Waals surface area contributed by atoms with Crippen LogP contribution in [0.25, 0.3) is 0 Å². The molecule has 0 spiro atoms. The number of hydrogen-bond donors (Lipinski definition) is 0. The Balaban J connectivity index is 1.45. The first-order chi connectivity index (χ1) is 13.2. The van der Waals surface area contributed by atoms with Crippen molar-refractivity contribution in [3.8, 4) is 11.8 Å². The molecule has 1 fully saturated rings. The van der Waals surface area contributed by atoms with Crippen molar-refractivity contribution in [1.29, 1.82) is 0 Å².